The van der Waals surface area contributed by atoms with Crippen molar-refractivity contribution in [3.05, 3.63) is 54.1 Å². The fourth-order valence-corrected chi connectivity index (χ4v) is 4.34. The van der Waals surface area contributed by atoms with E-state index in [1.165, 1.54) is 10.4 Å². The number of amidine groups is 1. The van der Waals surface area contributed by atoms with E-state index in [2.05, 4.69) is 10.3 Å². The third-order valence-corrected chi connectivity index (χ3v) is 5.95. The van der Waals surface area contributed by atoms with Gasteiger partial charge >= 0.3 is 0 Å². The first-order chi connectivity index (χ1) is 11.9. The number of para-hydroxylation sites is 2. The van der Waals surface area contributed by atoms with Gasteiger partial charge in [0.05, 0.1) is 12.1 Å². The molecule has 1 N–H and O–H groups in total. The Morgan fingerprint density at radius 2 is 1.80 bits per heavy atom. The molecule has 7 heteroatoms. The second-order valence-corrected chi connectivity index (χ2v) is 7.54. The number of aryl methyl sites for hydroxylation is 1. The lowest BCUT2D eigenvalue weighted by Crippen LogP contribution is -2.40. The van der Waals surface area contributed by atoms with E-state index in [-0.39, 0.29) is 29.6 Å². The standard InChI is InChI=1S/C18H19N3O3S/c1-3-21-17(12-18(22)20-14-9-5-4-8-13(14)2)19-15-10-6-7-11-16(15)25(21,23)24/h4-11H,3,12H2,1-2H3,(H,20,22). The van der Waals surface area contributed by atoms with Gasteiger partial charge in [-0.25, -0.2) is 13.4 Å². The smallest absolute Gasteiger partial charge is 0.267 e. The van der Waals surface area contributed by atoms with Gasteiger partial charge in [0.2, 0.25) is 5.91 Å². The third kappa shape index (κ3) is 3.28. The number of benzene rings is 2. The molecule has 0 aliphatic carbocycles. The highest BCUT2D eigenvalue weighted by atomic mass is 32.2. The molecule has 0 atom stereocenters. The number of hydrogen-bond acceptors (Lipinski definition) is 4. The molecule has 0 bridgehead atoms. The quantitative estimate of drug-likeness (QED) is 0.913. The third-order valence-electron chi connectivity index (χ3n) is 4.00. The number of amides is 1. The van der Waals surface area contributed by atoms with Crippen molar-refractivity contribution in [3.8, 4) is 0 Å². The van der Waals surface area contributed by atoms with Gasteiger partial charge in [-0.15, -0.1) is 0 Å². The number of rotatable bonds is 4. The Bertz CT molecular complexity index is 952. The summed E-state index contributed by atoms with van der Waals surface area (Å²) >= 11 is 0. The largest absolute Gasteiger partial charge is 0.325 e. The summed E-state index contributed by atoms with van der Waals surface area (Å²) in [7, 11) is -3.69. The highest BCUT2D eigenvalue weighted by Crippen LogP contribution is 2.32. The molecule has 0 fully saturated rings. The number of anilines is 1. The van der Waals surface area contributed by atoms with Gasteiger partial charge < -0.3 is 5.32 Å². The molecule has 2 aromatic carbocycles. The van der Waals surface area contributed by atoms with Crippen LogP contribution in [0.4, 0.5) is 11.4 Å². The summed E-state index contributed by atoms with van der Waals surface area (Å²) in [5, 5.41) is 2.81. The molecule has 0 radical (unpaired) electrons. The number of nitrogens with one attached hydrogen (secondary N) is 1. The summed E-state index contributed by atoms with van der Waals surface area (Å²) in [5.41, 5.74) is 2.01. The Kier molecular flexibility index (Phi) is 4.59. The van der Waals surface area contributed by atoms with Gasteiger partial charge in [-0.05, 0) is 37.6 Å². The highest BCUT2D eigenvalue weighted by molar-refractivity contribution is 7.90. The van der Waals surface area contributed by atoms with Crippen LogP contribution in [0.2, 0.25) is 0 Å². The second-order valence-electron chi connectivity index (χ2n) is 5.71. The summed E-state index contributed by atoms with van der Waals surface area (Å²) in [4.78, 5) is 17.0. The normalized spacial score (nSPS) is 15.3. The molecule has 3 rings (SSSR count). The van der Waals surface area contributed by atoms with Crippen molar-refractivity contribution in [2.75, 3.05) is 11.9 Å². The van der Waals surface area contributed by atoms with Crippen LogP contribution in [0.1, 0.15) is 18.9 Å². The van der Waals surface area contributed by atoms with Crippen LogP contribution in [-0.4, -0.2) is 31.0 Å². The molecule has 1 heterocycles. The first-order valence-electron chi connectivity index (χ1n) is 7.98. The van der Waals surface area contributed by atoms with E-state index in [0.717, 1.165) is 5.56 Å². The van der Waals surface area contributed by atoms with E-state index >= 15 is 0 Å². The summed E-state index contributed by atoms with van der Waals surface area (Å²) in [6, 6.07) is 14.0. The first-order valence-corrected chi connectivity index (χ1v) is 9.42. The number of nitrogens with zero attached hydrogens (tertiary/aromatic N) is 2. The predicted molar refractivity (Wildman–Crippen MR) is 97.5 cm³/mol. The predicted octanol–water partition coefficient (Wildman–Crippen LogP) is 3.08. The average Bonchev–Trinajstić information content (AvgIpc) is 2.57. The zero-order valence-corrected chi connectivity index (χ0v) is 14.9. The Labute approximate surface area is 147 Å². The maximum atomic E-state index is 12.8. The van der Waals surface area contributed by atoms with Crippen LogP contribution in [0.25, 0.3) is 0 Å². The van der Waals surface area contributed by atoms with Crippen molar-refractivity contribution < 1.29 is 13.2 Å². The SMILES string of the molecule is CCN1C(CC(=O)Nc2ccccc2C)=Nc2ccccc2S1(=O)=O. The minimum Gasteiger partial charge on any atom is -0.325 e. The molecule has 0 saturated heterocycles. The van der Waals surface area contributed by atoms with Gasteiger partial charge in [0, 0.05) is 12.2 Å². The number of sulfonamides is 1. The number of carbonyl (C=O) groups is 1. The van der Waals surface area contributed by atoms with E-state index < -0.39 is 10.0 Å². The van der Waals surface area contributed by atoms with Crippen molar-refractivity contribution in [2.24, 2.45) is 4.99 Å². The Hall–Kier alpha value is -2.67. The van der Waals surface area contributed by atoms with Gasteiger partial charge in [-0.1, -0.05) is 30.3 Å². The molecule has 0 saturated carbocycles. The van der Waals surface area contributed by atoms with Crippen LogP contribution in [0.5, 0.6) is 0 Å². The number of aliphatic imine (C=N–C) groups is 1. The monoisotopic (exact) mass is 357 g/mol. The highest BCUT2D eigenvalue weighted by Gasteiger charge is 2.33. The second kappa shape index (κ2) is 6.68. The Morgan fingerprint density at radius 3 is 2.52 bits per heavy atom. The van der Waals surface area contributed by atoms with Crippen molar-refractivity contribution in [3.63, 3.8) is 0 Å². The molecule has 130 valence electrons. The first kappa shape index (κ1) is 17.2. The van der Waals surface area contributed by atoms with E-state index in [4.69, 9.17) is 0 Å². The van der Waals surface area contributed by atoms with Crippen LogP contribution in [0.3, 0.4) is 0 Å². The lowest BCUT2D eigenvalue weighted by Gasteiger charge is -2.28. The summed E-state index contributed by atoms with van der Waals surface area (Å²) in [6.07, 6.45) is -0.115. The van der Waals surface area contributed by atoms with Gasteiger partial charge in [0.25, 0.3) is 10.0 Å². The van der Waals surface area contributed by atoms with E-state index in [9.17, 15) is 13.2 Å². The average molecular weight is 357 g/mol. The zero-order chi connectivity index (χ0) is 18.0. The fraction of sp³-hybridized carbons (Fsp3) is 0.222. The Morgan fingerprint density at radius 1 is 1.12 bits per heavy atom. The van der Waals surface area contributed by atoms with Crippen LogP contribution < -0.4 is 5.32 Å². The molecule has 1 amide bonds. The van der Waals surface area contributed by atoms with E-state index in [0.29, 0.717) is 11.4 Å². The maximum Gasteiger partial charge on any atom is 0.267 e. The minimum atomic E-state index is -3.69. The molecule has 2 aromatic rings. The molecule has 1 aliphatic heterocycles. The topological polar surface area (TPSA) is 78.8 Å². The maximum absolute atomic E-state index is 12.8. The van der Waals surface area contributed by atoms with E-state index in [1.54, 1.807) is 31.2 Å². The summed E-state index contributed by atoms with van der Waals surface area (Å²) < 4.78 is 26.7. The lowest BCUT2D eigenvalue weighted by molar-refractivity contribution is -0.115. The summed E-state index contributed by atoms with van der Waals surface area (Å²) in [6.45, 7) is 3.83. The van der Waals surface area contributed by atoms with Gasteiger partial charge in [0.15, 0.2) is 0 Å². The number of carbonyl (C=O) groups excluding carboxylic acids is 1. The molecular weight excluding hydrogens is 338 g/mol. The van der Waals surface area contributed by atoms with Gasteiger partial charge in [-0.3, -0.25) is 9.10 Å². The van der Waals surface area contributed by atoms with Crippen molar-refractivity contribution in [1.29, 1.82) is 0 Å². The van der Waals surface area contributed by atoms with Gasteiger partial charge in [0.1, 0.15) is 10.7 Å². The zero-order valence-electron chi connectivity index (χ0n) is 14.1. The molecule has 0 unspecified atom stereocenters. The molecule has 1 aliphatic rings. The van der Waals surface area contributed by atoms with Crippen molar-refractivity contribution >= 4 is 33.1 Å². The Balaban J connectivity index is 1.90. The van der Waals surface area contributed by atoms with Crippen molar-refractivity contribution in [2.45, 2.75) is 25.2 Å². The molecular formula is C18H19N3O3S. The lowest BCUT2D eigenvalue weighted by atomic mass is 10.2. The van der Waals surface area contributed by atoms with Crippen molar-refractivity contribution in [1.82, 2.24) is 4.31 Å². The molecule has 0 aromatic heterocycles. The number of fused-ring (bicyclic) bond motifs is 1. The molecule has 25 heavy (non-hydrogen) atoms. The van der Waals surface area contributed by atoms with Crippen LogP contribution >= 0.6 is 0 Å². The van der Waals surface area contributed by atoms with Crippen LogP contribution in [-0.2, 0) is 14.8 Å². The minimum absolute atomic E-state index is 0.115. The number of hydrogen-bond donors (Lipinski definition) is 1. The fourth-order valence-electron chi connectivity index (χ4n) is 2.75. The summed E-state index contributed by atoms with van der Waals surface area (Å²) in [5.74, 6) is -0.0756. The van der Waals surface area contributed by atoms with Crippen LogP contribution in [0.15, 0.2) is 58.4 Å². The van der Waals surface area contributed by atoms with E-state index in [1.807, 2.05) is 25.1 Å². The molecule has 0 spiro atoms. The molecule has 6 nitrogen and oxygen atoms in total. The van der Waals surface area contributed by atoms with Crippen LogP contribution in [0, 0.1) is 6.92 Å². The van der Waals surface area contributed by atoms with Gasteiger partial charge in [-0.2, -0.15) is 0 Å².